The number of benzene rings is 1. The van der Waals surface area contributed by atoms with E-state index in [1.165, 1.54) is 11.1 Å². The Balaban J connectivity index is 1.83. The average Bonchev–Trinajstić information content (AvgIpc) is 3.27. The quantitative estimate of drug-likeness (QED) is 0.758. The predicted molar refractivity (Wildman–Crippen MR) is 81.1 cm³/mol. The summed E-state index contributed by atoms with van der Waals surface area (Å²) in [6.45, 7) is 5.30. The smallest absolute Gasteiger partial charge is 0.221 e. The minimum absolute atomic E-state index is 0.179. The highest BCUT2D eigenvalue weighted by atomic mass is 16.1. The Labute approximate surface area is 121 Å². The first-order chi connectivity index (χ1) is 9.72. The van der Waals surface area contributed by atoms with Crippen molar-refractivity contribution in [2.75, 3.05) is 13.1 Å². The molecule has 0 spiro atoms. The van der Waals surface area contributed by atoms with Crippen molar-refractivity contribution < 1.29 is 4.79 Å². The van der Waals surface area contributed by atoms with Crippen molar-refractivity contribution in [3.8, 4) is 0 Å². The molecule has 1 saturated carbocycles. The summed E-state index contributed by atoms with van der Waals surface area (Å²) >= 11 is 0. The summed E-state index contributed by atoms with van der Waals surface area (Å²) in [5, 5.41) is 3.03. The SMILES string of the molecule is CCN(CCC(=O)NC1CC1)Cc1ccccc1CN. The van der Waals surface area contributed by atoms with Gasteiger partial charge in [0.2, 0.25) is 5.91 Å². The van der Waals surface area contributed by atoms with Gasteiger partial charge < -0.3 is 11.1 Å². The van der Waals surface area contributed by atoms with Gasteiger partial charge in [-0.25, -0.2) is 0 Å². The molecular formula is C16H25N3O. The molecule has 0 bridgehead atoms. The van der Waals surface area contributed by atoms with Crippen LogP contribution in [0.1, 0.15) is 37.3 Å². The van der Waals surface area contributed by atoms with Gasteiger partial charge in [-0.05, 0) is 30.5 Å². The topological polar surface area (TPSA) is 58.4 Å². The summed E-state index contributed by atoms with van der Waals surface area (Å²) < 4.78 is 0. The van der Waals surface area contributed by atoms with Gasteiger partial charge in [0.15, 0.2) is 0 Å². The zero-order valence-electron chi connectivity index (χ0n) is 12.3. The van der Waals surface area contributed by atoms with Crippen molar-refractivity contribution in [1.29, 1.82) is 0 Å². The molecule has 2 rings (SSSR count). The first kappa shape index (κ1) is 15.0. The number of hydrogen-bond acceptors (Lipinski definition) is 3. The number of carbonyl (C=O) groups excluding carboxylic acids is 1. The van der Waals surface area contributed by atoms with Crippen LogP contribution < -0.4 is 11.1 Å². The standard InChI is InChI=1S/C16H25N3O/c1-2-19(10-9-16(20)18-15-7-8-15)12-14-6-4-3-5-13(14)11-17/h3-6,15H,2,7-12,17H2,1H3,(H,18,20). The third-order valence-electron chi connectivity index (χ3n) is 3.78. The minimum atomic E-state index is 0.179. The van der Waals surface area contributed by atoms with Crippen molar-refractivity contribution >= 4 is 5.91 Å². The number of nitrogens with zero attached hydrogens (tertiary/aromatic N) is 1. The molecule has 1 aliphatic carbocycles. The molecule has 0 heterocycles. The molecule has 1 amide bonds. The molecule has 3 N–H and O–H groups in total. The minimum Gasteiger partial charge on any atom is -0.353 e. The van der Waals surface area contributed by atoms with E-state index in [9.17, 15) is 4.79 Å². The fourth-order valence-corrected chi connectivity index (χ4v) is 2.29. The molecule has 1 aromatic carbocycles. The predicted octanol–water partition coefficient (Wildman–Crippen LogP) is 1.64. The van der Waals surface area contributed by atoms with E-state index < -0.39 is 0 Å². The number of carbonyl (C=O) groups is 1. The molecule has 0 atom stereocenters. The van der Waals surface area contributed by atoms with Crippen molar-refractivity contribution in [3.05, 3.63) is 35.4 Å². The Kier molecular flexibility index (Phi) is 5.56. The molecule has 110 valence electrons. The summed E-state index contributed by atoms with van der Waals surface area (Å²) in [7, 11) is 0. The molecular weight excluding hydrogens is 250 g/mol. The molecule has 20 heavy (non-hydrogen) atoms. The van der Waals surface area contributed by atoms with Crippen LogP contribution in [0.3, 0.4) is 0 Å². The third kappa shape index (κ3) is 4.62. The fraction of sp³-hybridized carbons (Fsp3) is 0.562. The lowest BCUT2D eigenvalue weighted by molar-refractivity contribution is -0.121. The van der Waals surface area contributed by atoms with Crippen molar-refractivity contribution in [2.24, 2.45) is 5.73 Å². The number of rotatable bonds is 8. The highest BCUT2D eigenvalue weighted by molar-refractivity contribution is 5.76. The second-order valence-electron chi connectivity index (χ2n) is 5.43. The summed E-state index contributed by atoms with van der Waals surface area (Å²) in [5.74, 6) is 0.179. The van der Waals surface area contributed by atoms with Crippen molar-refractivity contribution in [1.82, 2.24) is 10.2 Å². The maximum Gasteiger partial charge on any atom is 0.221 e. The van der Waals surface area contributed by atoms with Crippen LogP contribution in [0.2, 0.25) is 0 Å². The second kappa shape index (κ2) is 7.41. The molecule has 4 heteroatoms. The van der Waals surface area contributed by atoms with E-state index in [0.717, 1.165) is 32.5 Å². The molecule has 0 saturated heterocycles. The molecule has 1 aromatic rings. The summed E-state index contributed by atoms with van der Waals surface area (Å²) in [6, 6.07) is 8.71. The number of hydrogen-bond donors (Lipinski definition) is 2. The summed E-state index contributed by atoms with van der Waals surface area (Å²) in [6.07, 6.45) is 2.87. The Bertz CT molecular complexity index is 443. The Morgan fingerprint density at radius 2 is 2.05 bits per heavy atom. The monoisotopic (exact) mass is 275 g/mol. The van der Waals surface area contributed by atoms with Crippen LogP contribution in [0.25, 0.3) is 0 Å². The van der Waals surface area contributed by atoms with Gasteiger partial charge in [-0.1, -0.05) is 31.2 Å². The van der Waals surface area contributed by atoms with E-state index in [2.05, 4.69) is 29.3 Å². The van der Waals surface area contributed by atoms with Crippen LogP contribution >= 0.6 is 0 Å². The highest BCUT2D eigenvalue weighted by Crippen LogP contribution is 2.18. The largest absolute Gasteiger partial charge is 0.353 e. The summed E-state index contributed by atoms with van der Waals surface area (Å²) in [4.78, 5) is 14.0. The van der Waals surface area contributed by atoms with Gasteiger partial charge in [-0.2, -0.15) is 0 Å². The van der Waals surface area contributed by atoms with Gasteiger partial charge in [0, 0.05) is 32.1 Å². The van der Waals surface area contributed by atoms with E-state index in [4.69, 9.17) is 5.73 Å². The summed E-state index contributed by atoms with van der Waals surface area (Å²) in [5.41, 5.74) is 8.22. The van der Waals surface area contributed by atoms with Gasteiger partial charge in [0.1, 0.15) is 0 Å². The zero-order valence-corrected chi connectivity index (χ0v) is 12.3. The second-order valence-corrected chi connectivity index (χ2v) is 5.43. The molecule has 1 aliphatic rings. The Morgan fingerprint density at radius 3 is 2.65 bits per heavy atom. The lowest BCUT2D eigenvalue weighted by Gasteiger charge is -2.21. The Morgan fingerprint density at radius 1 is 1.35 bits per heavy atom. The number of nitrogens with one attached hydrogen (secondary N) is 1. The van der Waals surface area contributed by atoms with E-state index in [-0.39, 0.29) is 5.91 Å². The maximum absolute atomic E-state index is 11.7. The van der Waals surface area contributed by atoms with Crippen LogP contribution in [0.15, 0.2) is 24.3 Å². The van der Waals surface area contributed by atoms with Crippen LogP contribution in [0.5, 0.6) is 0 Å². The van der Waals surface area contributed by atoms with E-state index in [1.54, 1.807) is 0 Å². The van der Waals surface area contributed by atoms with Crippen LogP contribution in [-0.4, -0.2) is 29.9 Å². The van der Waals surface area contributed by atoms with Gasteiger partial charge >= 0.3 is 0 Å². The molecule has 0 aliphatic heterocycles. The fourth-order valence-electron chi connectivity index (χ4n) is 2.29. The van der Waals surface area contributed by atoms with Gasteiger partial charge in [-0.3, -0.25) is 9.69 Å². The number of amides is 1. The molecule has 1 fully saturated rings. The van der Waals surface area contributed by atoms with Crippen LogP contribution in [-0.2, 0) is 17.9 Å². The van der Waals surface area contributed by atoms with Crippen molar-refractivity contribution in [3.63, 3.8) is 0 Å². The van der Waals surface area contributed by atoms with Crippen molar-refractivity contribution in [2.45, 2.75) is 45.3 Å². The van der Waals surface area contributed by atoms with Gasteiger partial charge in [-0.15, -0.1) is 0 Å². The normalized spacial score (nSPS) is 14.6. The van der Waals surface area contributed by atoms with E-state index in [1.807, 2.05) is 12.1 Å². The molecule has 0 unspecified atom stereocenters. The first-order valence-electron chi connectivity index (χ1n) is 7.51. The van der Waals surface area contributed by atoms with E-state index in [0.29, 0.717) is 19.0 Å². The first-order valence-corrected chi connectivity index (χ1v) is 7.51. The average molecular weight is 275 g/mol. The lowest BCUT2D eigenvalue weighted by atomic mass is 10.1. The number of nitrogens with two attached hydrogens (primary N) is 1. The van der Waals surface area contributed by atoms with Gasteiger partial charge in [0.25, 0.3) is 0 Å². The molecule has 4 nitrogen and oxygen atoms in total. The highest BCUT2D eigenvalue weighted by Gasteiger charge is 2.23. The van der Waals surface area contributed by atoms with Gasteiger partial charge in [0.05, 0.1) is 0 Å². The molecule has 0 radical (unpaired) electrons. The maximum atomic E-state index is 11.7. The molecule has 0 aromatic heterocycles. The third-order valence-corrected chi connectivity index (χ3v) is 3.78. The van der Waals surface area contributed by atoms with E-state index >= 15 is 0 Å². The van der Waals surface area contributed by atoms with Crippen LogP contribution in [0.4, 0.5) is 0 Å². The Hall–Kier alpha value is -1.39. The van der Waals surface area contributed by atoms with Crippen LogP contribution in [0, 0.1) is 0 Å². The zero-order chi connectivity index (χ0) is 14.4. The lowest BCUT2D eigenvalue weighted by Crippen LogP contribution is -2.31.